The molecule has 0 spiro atoms. The molecule has 0 atom stereocenters. The second-order valence-corrected chi connectivity index (χ2v) is 2.88. The summed E-state index contributed by atoms with van der Waals surface area (Å²) in [5.74, 6) is -0.260. The van der Waals surface area contributed by atoms with Gasteiger partial charge in [-0.05, 0) is 18.7 Å². The van der Waals surface area contributed by atoms with Gasteiger partial charge in [0.05, 0.1) is 5.69 Å². The zero-order valence-corrected chi connectivity index (χ0v) is 7.07. The van der Waals surface area contributed by atoms with E-state index in [9.17, 15) is 4.39 Å². The number of halogens is 1. The van der Waals surface area contributed by atoms with E-state index in [-0.39, 0.29) is 5.82 Å². The van der Waals surface area contributed by atoms with Crippen molar-refractivity contribution in [3.05, 3.63) is 36.0 Å². The van der Waals surface area contributed by atoms with E-state index in [0.29, 0.717) is 6.54 Å². The van der Waals surface area contributed by atoms with E-state index in [1.54, 1.807) is 16.7 Å². The van der Waals surface area contributed by atoms with Crippen molar-refractivity contribution in [2.45, 2.75) is 6.42 Å². The molecule has 0 saturated heterocycles. The number of pyridine rings is 1. The van der Waals surface area contributed by atoms with Gasteiger partial charge in [-0.2, -0.15) is 0 Å². The maximum absolute atomic E-state index is 12.8. The minimum absolute atomic E-state index is 0.260. The van der Waals surface area contributed by atoms with E-state index in [4.69, 9.17) is 5.73 Å². The molecule has 68 valence electrons. The molecule has 0 unspecified atom stereocenters. The monoisotopic (exact) mass is 179 g/mol. The Kier molecular flexibility index (Phi) is 1.98. The molecule has 0 fully saturated rings. The van der Waals surface area contributed by atoms with Gasteiger partial charge in [-0.15, -0.1) is 0 Å². The number of imidazole rings is 1. The van der Waals surface area contributed by atoms with Gasteiger partial charge in [-0.25, -0.2) is 9.37 Å². The number of nitrogens with zero attached hydrogens (tertiary/aromatic N) is 2. The van der Waals surface area contributed by atoms with Crippen molar-refractivity contribution >= 4 is 5.65 Å². The highest BCUT2D eigenvalue weighted by Crippen LogP contribution is 2.06. The van der Waals surface area contributed by atoms with Crippen LogP contribution >= 0.6 is 0 Å². The van der Waals surface area contributed by atoms with Gasteiger partial charge >= 0.3 is 0 Å². The lowest BCUT2D eigenvalue weighted by Crippen LogP contribution is -2.02. The average Bonchev–Trinajstić information content (AvgIpc) is 2.46. The molecule has 0 aliphatic carbocycles. The zero-order valence-electron chi connectivity index (χ0n) is 7.07. The molecule has 0 bridgehead atoms. The van der Waals surface area contributed by atoms with Crippen LogP contribution in [-0.4, -0.2) is 15.9 Å². The maximum Gasteiger partial charge on any atom is 0.139 e. The molecule has 0 radical (unpaired) electrons. The Hall–Kier alpha value is -1.42. The fraction of sp³-hybridized carbons (Fsp3) is 0.222. The standard InChI is InChI=1S/C9H10FN3/c10-7-1-2-9-12-8(3-4-11)6-13(9)5-7/h1-2,5-6H,3-4,11H2. The van der Waals surface area contributed by atoms with Crippen LogP contribution in [0.1, 0.15) is 5.69 Å². The Labute approximate surface area is 75.0 Å². The normalized spacial score (nSPS) is 10.9. The molecule has 2 aromatic heterocycles. The Morgan fingerprint density at radius 3 is 3.00 bits per heavy atom. The fourth-order valence-corrected chi connectivity index (χ4v) is 1.29. The minimum Gasteiger partial charge on any atom is -0.330 e. The first-order chi connectivity index (χ1) is 6.29. The summed E-state index contributed by atoms with van der Waals surface area (Å²) < 4.78 is 14.4. The van der Waals surface area contributed by atoms with Gasteiger partial charge in [0.1, 0.15) is 11.5 Å². The third kappa shape index (κ3) is 1.53. The minimum atomic E-state index is -0.260. The first-order valence-electron chi connectivity index (χ1n) is 4.13. The molecule has 2 rings (SSSR count). The van der Waals surface area contributed by atoms with Crippen molar-refractivity contribution in [2.24, 2.45) is 5.73 Å². The summed E-state index contributed by atoms with van der Waals surface area (Å²) in [6, 6.07) is 3.05. The van der Waals surface area contributed by atoms with Crippen LogP contribution in [0.4, 0.5) is 4.39 Å². The second-order valence-electron chi connectivity index (χ2n) is 2.88. The Morgan fingerprint density at radius 1 is 1.38 bits per heavy atom. The molecule has 2 N–H and O–H groups in total. The molecule has 4 heteroatoms. The Bertz CT molecular complexity index is 422. The first-order valence-corrected chi connectivity index (χ1v) is 4.13. The van der Waals surface area contributed by atoms with Gasteiger partial charge < -0.3 is 10.1 Å². The number of hydrogen-bond donors (Lipinski definition) is 1. The van der Waals surface area contributed by atoms with Crippen LogP contribution in [0.15, 0.2) is 24.5 Å². The van der Waals surface area contributed by atoms with E-state index >= 15 is 0 Å². The van der Waals surface area contributed by atoms with E-state index in [1.165, 1.54) is 12.3 Å². The summed E-state index contributed by atoms with van der Waals surface area (Å²) in [5.41, 5.74) is 7.04. The Morgan fingerprint density at radius 2 is 2.23 bits per heavy atom. The SMILES string of the molecule is NCCc1cn2cc(F)ccc2n1. The van der Waals surface area contributed by atoms with Crippen molar-refractivity contribution in [3.8, 4) is 0 Å². The van der Waals surface area contributed by atoms with Crippen molar-refractivity contribution in [3.63, 3.8) is 0 Å². The summed E-state index contributed by atoms with van der Waals surface area (Å²) >= 11 is 0. The molecular weight excluding hydrogens is 169 g/mol. The maximum atomic E-state index is 12.8. The summed E-state index contributed by atoms with van der Waals surface area (Å²) in [6.45, 7) is 0.562. The van der Waals surface area contributed by atoms with Gasteiger partial charge in [0.25, 0.3) is 0 Å². The van der Waals surface area contributed by atoms with Crippen molar-refractivity contribution < 1.29 is 4.39 Å². The van der Waals surface area contributed by atoms with Gasteiger partial charge in [0.2, 0.25) is 0 Å². The van der Waals surface area contributed by atoms with Crippen LogP contribution in [0.5, 0.6) is 0 Å². The van der Waals surface area contributed by atoms with Crippen LogP contribution in [0, 0.1) is 5.82 Å². The summed E-state index contributed by atoms with van der Waals surface area (Å²) in [5, 5.41) is 0. The largest absolute Gasteiger partial charge is 0.330 e. The third-order valence-corrected chi connectivity index (χ3v) is 1.87. The van der Waals surface area contributed by atoms with E-state index in [2.05, 4.69) is 4.98 Å². The quantitative estimate of drug-likeness (QED) is 0.746. The molecule has 0 saturated carbocycles. The number of fused-ring (bicyclic) bond motifs is 1. The predicted molar refractivity (Wildman–Crippen MR) is 47.9 cm³/mol. The van der Waals surface area contributed by atoms with Gasteiger partial charge in [-0.1, -0.05) is 0 Å². The van der Waals surface area contributed by atoms with Gasteiger partial charge in [0, 0.05) is 18.8 Å². The van der Waals surface area contributed by atoms with Gasteiger partial charge in [-0.3, -0.25) is 0 Å². The fourth-order valence-electron chi connectivity index (χ4n) is 1.29. The Balaban J connectivity index is 2.49. The lowest BCUT2D eigenvalue weighted by molar-refractivity contribution is 0.619. The summed E-state index contributed by atoms with van der Waals surface area (Å²) in [7, 11) is 0. The number of rotatable bonds is 2. The lowest BCUT2D eigenvalue weighted by Gasteiger charge is -1.90. The molecular formula is C9H10FN3. The molecule has 2 heterocycles. The average molecular weight is 179 g/mol. The first kappa shape index (κ1) is 8.19. The van der Waals surface area contributed by atoms with E-state index in [1.807, 2.05) is 0 Å². The molecule has 0 aliphatic heterocycles. The van der Waals surface area contributed by atoms with Crippen LogP contribution in [0.3, 0.4) is 0 Å². The second kappa shape index (κ2) is 3.14. The number of aromatic nitrogens is 2. The molecule has 13 heavy (non-hydrogen) atoms. The van der Waals surface area contributed by atoms with Crippen LogP contribution < -0.4 is 5.73 Å². The van der Waals surface area contributed by atoms with Crippen LogP contribution in [0.25, 0.3) is 5.65 Å². The summed E-state index contributed by atoms with van der Waals surface area (Å²) in [6.07, 6.45) is 3.93. The molecule has 0 aliphatic rings. The predicted octanol–water partition coefficient (Wildman–Crippen LogP) is 0.975. The van der Waals surface area contributed by atoms with Crippen molar-refractivity contribution in [1.82, 2.24) is 9.38 Å². The van der Waals surface area contributed by atoms with Crippen molar-refractivity contribution in [2.75, 3.05) is 6.54 Å². The van der Waals surface area contributed by atoms with Crippen molar-refractivity contribution in [1.29, 1.82) is 0 Å². The highest BCUT2D eigenvalue weighted by Gasteiger charge is 2.00. The topological polar surface area (TPSA) is 43.3 Å². The number of nitrogens with two attached hydrogens (primary N) is 1. The number of hydrogen-bond acceptors (Lipinski definition) is 2. The molecule has 2 aromatic rings. The van der Waals surface area contributed by atoms with E-state index < -0.39 is 0 Å². The highest BCUT2D eigenvalue weighted by atomic mass is 19.1. The molecule has 3 nitrogen and oxygen atoms in total. The molecule has 0 amide bonds. The zero-order chi connectivity index (χ0) is 9.26. The highest BCUT2D eigenvalue weighted by molar-refractivity contribution is 5.39. The van der Waals surface area contributed by atoms with Crippen LogP contribution in [0.2, 0.25) is 0 Å². The smallest absolute Gasteiger partial charge is 0.139 e. The third-order valence-electron chi connectivity index (χ3n) is 1.87. The van der Waals surface area contributed by atoms with Crippen LogP contribution in [-0.2, 0) is 6.42 Å². The van der Waals surface area contributed by atoms with Gasteiger partial charge in [0.15, 0.2) is 0 Å². The summed E-state index contributed by atoms with van der Waals surface area (Å²) in [4.78, 5) is 4.26. The molecule has 0 aromatic carbocycles. The lowest BCUT2D eigenvalue weighted by atomic mass is 10.3. The van der Waals surface area contributed by atoms with E-state index in [0.717, 1.165) is 17.8 Å².